The summed E-state index contributed by atoms with van der Waals surface area (Å²) in [5.74, 6) is -0.298. The van der Waals surface area contributed by atoms with Gasteiger partial charge < -0.3 is 4.74 Å². The standard InChI is InChI=1S/C9H9N3O2/c1-14-9(13)5-7-6-12-8(11-7)3-2-4-10-12/h2-4,6H,5H2,1H3. The third-order valence-corrected chi connectivity index (χ3v) is 1.84. The molecule has 0 spiro atoms. The maximum atomic E-state index is 11.0. The number of carbonyl (C=O) groups is 1. The van der Waals surface area contributed by atoms with Crippen molar-refractivity contribution < 1.29 is 9.53 Å². The van der Waals surface area contributed by atoms with Crippen molar-refractivity contribution in [3.8, 4) is 0 Å². The molecule has 14 heavy (non-hydrogen) atoms. The third-order valence-electron chi connectivity index (χ3n) is 1.84. The van der Waals surface area contributed by atoms with Crippen LogP contribution in [0.5, 0.6) is 0 Å². The Hall–Kier alpha value is -1.91. The van der Waals surface area contributed by atoms with Crippen LogP contribution in [0.15, 0.2) is 24.5 Å². The summed E-state index contributed by atoms with van der Waals surface area (Å²) in [6.07, 6.45) is 3.56. The van der Waals surface area contributed by atoms with E-state index in [-0.39, 0.29) is 12.4 Å². The van der Waals surface area contributed by atoms with E-state index in [1.165, 1.54) is 7.11 Å². The molecule has 0 aromatic carbocycles. The molecule has 2 heterocycles. The van der Waals surface area contributed by atoms with Gasteiger partial charge in [0.15, 0.2) is 5.65 Å². The van der Waals surface area contributed by atoms with Crippen molar-refractivity contribution in [2.75, 3.05) is 7.11 Å². The van der Waals surface area contributed by atoms with Crippen molar-refractivity contribution in [3.05, 3.63) is 30.2 Å². The Kier molecular flexibility index (Phi) is 2.14. The quantitative estimate of drug-likeness (QED) is 0.646. The van der Waals surface area contributed by atoms with E-state index in [0.717, 1.165) is 5.65 Å². The minimum Gasteiger partial charge on any atom is -0.469 e. The molecule has 2 rings (SSSR count). The zero-order valence-electron chi connectivity index (χ0n) is 7.67. The second-order valence-electron chi connectivity index (χ2n) is 2.81. The molecular formula is C9H9N3O2. The molecule has 2 aromatic heterocycles. The summed E-state index contributed by atoms with van der Waals surface area (Å²) in [6.45, 7) is 0. The Labute approximate surface area is 80.3 Å². The number of ether oxygens (including phenoxy) is 1. The monoisotopic (exact) mass is 191 g/mol. The lowest BCUT2D eigenvalue weighted by atomic mass is 10.3. The number of nitrogens with zero attached hydrogens (tertiary/aromatic N) is 3. The van der Waals surface area contributed by atoms with Crippen molar-refractivity contribution in [1.82, 2.24) is 14.6 Å². The fourth-order valence-electron chi connectivity index (χ4n) is 1.19. The van der Waals surface area contributed by atoms with Crippen LogP contribution in [0.2, 0.25) is 0 Å². The highest BCUT2D eigenvalue weighted by molar-refractivity contribution is 5.72. The van der Waals surface area contributed by atoms with E-state index in [2.05, 4.69) is 14.8 Å². The summed E-state index contributed by atoms with van der Waals surface area (Å²) in [5, 5.41) is 4.04. The van der Waals surface area contributed by atoms with Crippen molar-refractivity contribution in [1.29, 1.82) is 0 Å². The normalized spacial score (nSPS) is 10.4. The first-order valence-corrected chi connectivity index (χ1v) is 4.15. The van der Waals surface area contributed by atoms with E-state index < -0.39 is 0 Å². The first-order valence-electron chi connectivity index (χ1n) is 4.15. The first kappa shape index (κ1) is 8.68. The third kappa shape index (κ3) is 1.56. The molecule has 0 amide bonds. The van der Waals surface area contributed by atoms with E-state index >= 15 is 0 Å². The van der Waals surface area contributed by atoms with Crippen molar-refractivity contribution in [3.63, 3.8) is 0 Å². The molecule has 2 aromatic rings. The van der Waals surface area contributed by atoms with Gasteiger partial charge in [0, 0.05) is 6.20 Å². The molecule has 0 saturated heterocycles. The number of fused-ring (bicyclic) bond motifs is 1. The number of hydrogen-bond acceptors (Lipinski definition) is 4. The van der Waals surface area contributed by atoms with Crippen molar-refractivity contribution in [2.24, 2.45) is 0 Å². The topological polar surface area (TPSA) is 56.5 Å². The summed E-state index contributed by atoms with van der Waals surface area (Å²) in [6, 6.07) is 3.62. The minimum atomic E-state index is -0.298. The molecule has 0 bridgehead atoms. The molecule has 0 aliphatic heterocycles. The second-order valence-corrected chi connectivity index (χ2v) is 2.81. The lowest BCUT2D eigenvalue weighted by Crippen LogP contribution is -2.04. The van der Waals surface area contributed by atoms with Gasteiger partial charge in [-0.05, 0) is 12.1 Å². The molecule has 0 N–H and O–H groups in total. The molecule has 0 unspecified atom stereocenters. The highest BCUT2D eigenvalue weighted by Crippen LogP contribution is 2.03. The Morgan fingerprint density at radius 1 is 1.64 bits per heavy atom. The summed E-state index contributed by atoms with van der Waals surface area (Å²) in [5.41, 5.74) is 1.39. The number of aromatic nitrogens is 3. The maximum absolute atomic E-state index is 11.0. The lowest BCUT2D eigenvalue weighted by molar-refractivity contribution is -0.139. The van der Waals surface area contributed by atoms with Gasteiger partial charge in [-0.1, -0.05) is 0 Å². The van der Waals surface area contributed by atoms with Crippen LogP contribution in [-0.4, -0.2) is 27.7 Å². The van der Waals surface area contributed by atoms with E-state index in [1.54, 1.807) is 23.0 Å². The lowest BCUT2D eigenvalue weighted by Gasteiger charge is -1.92. The maximum Gasteiger partial charge on any atom is 0.311 e. The number of methoxy groups -OCH3 is 1. The molecule has 5 heteroatoms. The van der Waals surface area contributed by atoms with Gasteiger partial charge in [0.25, 0.3) is 0 Å². The van der Waals surface area contributed by atoms with Crippen LogP contribution in [0.3, 0.4) is 0 Å². The molecule has 0 fully saturated rings. The molecule has 5 nitrogen and oxygen atoms in total. The van der Waals surface area contributed by atoms with Gasteiger partial charge in [0.1, 0.15) is 0 Å². The van der Waals surface area contributed by atoms with Crippen LogP contribution in [0, 0.1) is 0 Å². The number of esters is 1. The van der Waals surface area contributed by atoms with E-state index in [9.17, 15) is 4.79 Å². The Balaban J connectivity index is 2.31. The molecular weight excluding hydrogens is 182 g/mol. The fourth-order valence-corrected chi connectivity index (χ4v) is 1.19. The van der Waals surface area contributed by atoms with Gasteiger partial charge in [-0.3, -0.25) is 4.79 Å². The van der Waals surface area contributed by atoms with Crippen LogP contribution in [0.1, 0.15) is 5.69 Å². The first-order chi connectivity index (χ1) is 6.79. The van der Waals surface area contributed by atoms with Crippen LogP contribution < -0.4 is 0 Å². The molecule has 0 saturated carbocycles. The van der Waals surface area contributed by atoms with Crippen LogP contribution in [0.25, 0.3) is 5.65 Å². The summed E-state index contributed by atoms with van der Waals surface area (Å²) in [7, 11) is 1.36. The van der Waals surface area contributed by atoms with Crippen LogP contribution in [-0.2, 0) is 16.0 Å². The highest BCUT2D eigenvalue weighted by Gasteiger charge is 2.06. The zero-order valence-corrected chi connectivity index (χ0v) is 7.67. The van der Waals surface area contributed by atoms with Gasteiger partial charge in [0.05, 0.1) is 25.4 Å². The van der Waals surface area contributed by atoms with Gasteiger partial charge in [-0.2, -0.15) is 5.10 Å². The SMILES string of the molecule is COC(=O)Cc1cn2ncccc2n1. The Morgan fingerprint density at radius 3 is 3.21 bits per heavy atom. The van der Waals surface area contributed by atoms with Crippen LogP contribution >= 0.6 is 0 Å². The molecule has 0 atom stereocenters. The minimum absolute atomic E-state index is 0.180. The second kappa shape index (κ2) is 3.45. The average Bonchev–Trinajstić information content (AvgIpc) is 2.59. The van der Waals surface area contributed by atoms with Gasteiger partial charge >= 0.3 is 5.97 Å². The number of carbonyl (C=O) groups excluding carboxylic acids is 1. The number of imidazole rings is 1. The van der Waals surface area contributed by atoms with E-state index in [1.807, 2.05) is 6.07 Å². The molecule has 0 radical (unpaired) electrons. The van der Waals surface area contributed by atoms with Crippen LogP contribution in [0.4, 0.5) is 0 Å². The molecule has 72 valence electrons. The molecule has 0 aliphatic rings. The van der Waals surface area contributed by atoms with E-state index in [4.69, 9.17) is 0 Å². The summed E-state index contributed by atoms with van der Waals surface area (Å²) in [4.78, 5) is 15.2. The molecule has 0 aliphatic carbocycles. The predicted octanol–water partition coefficient (Wildman–Crippen LogP) is 0.445. The average molecular weight is 191 g/mol. The number of rotatable bonds is 2. The Bertz CT molecular complexity index is 431. The van der Waals surface area contributed by atoms with Crippen molar-refractivity contribution >= 4 is 11.6 Å². The van der Waals surface area contributed by atoms with Gasteiger partial charge in [0.2, 0.25) is 0 Å². The zero-order chi connectivity index (χ0) is 9.97. The predicted molar refractivity (Wildman–Crippen MR) is 48.7 cm³/mol. The largest absolute Gasteiger partial charge is 0.469 e. The smallest absolute Gasteiger partial charge is 0.311 e. The fraction of sp³-hybridized carbons (Fsp3) is 0.222. The van der Waals surface area contributed by atoms with Gasteiger partial charge in [-0.15, -0.1) is 0 Å². The summed E-state index contributed by atoms with van der Waals surface area (Å²) >= 11 is 0. The van der Waals surface area contributed by atoms with Gasteiger partial charge in [-0.25, -0.2) is 9.50 Å². The summed E-state index contributed by atoms with van der Waals surface area (Å²) < 4.78 is 6.16. The highest BCUT2D eigenvalue weighted by atomic mass is 16.5. The Morgan fingerprint density at radius 2 is 2.50 bits per heavy atom. The number of hydrogen-bond donors (Lipinski definition) is 0. The van der Waals surface area contributed by atoms with E-state index in [0.29, 0.717) is 5.69 Å². The van der Waals surface area contributed by atoms with Crippen molar-refractivity contribution in [2.45, 2.75) is 6.42 Å².